The predicted octanol–water partition coefficient (Wildman–Crippen LogP) is 4.15. The molecule has 29 heavy (non-hydrogen) atoms. The van der Waals surface area contributed by atoms with Crippen LogP contribution in [-0.4, -0.2) is 23.3 Å². The van der Waals surface area contributed by atoms with Crippen molar-refractivity contribution in [2.45, 2.75) is 26.7 Å². The summed E-state index contributed by atoms with van der Waals surface area (Å²) in [6, 6.07) is 6.80. The Kier molecular flexibility index (Phi) is 4.49. The normalized spacial score (nSPS) is 13.4. The number of carbonyl (C=O) groups excluding carboxylic acids is 2. The van der Waals surface area contributed by atoms with E-state index < -0.39 is 11.7 Å². The summed E-state index contributed by atoms with van der Waals surface area (Å²) in [5.41, 5.74) is 10.8. The second kappa shape index (κ2) is 6.88. The van der Waals surface area contributed by atoms with Crippen LogP contribution in [0.3, 0.4) is 0 Å². The van der Waals surface area contributed by atoms with E-state index >= 15 is 4.39 Å². The third kappa shape index (κ3) is 2.92. The van der Waals surface area contributed by atoms with E-state index in [1.807, 2.05) is 32.0 Å². The van der Waals surface area contributed by atoms with Crippen LogP contribution in [0, 0.1) is 19.7 Å². The van der Waals surface area contributed by atoms with Crippen LogP contribution in [0.5, 0.6) is 0 Å². The molecule has 0 fully saturated rings. The van der Waals surface area contributed by atoms with Gasteiger partial charge in [-0.3, -0.25) is 9.59 Å². The van der Waals surface area contributed by atoms with Gasteiger partial charge in [-0.2, -0.15) is 0 Å². The first kappa shape index (κ1) is 18.9. The Hall–Kier alpha value is -3.41. The minimum absolute atomic E-state index is 0.137. The molecular weight excluding hydrogens is 369 g/mol. The third-order valence-electron chi connectivity index (χ3n) is 5.72. The fourth-order valence-electron chi connectivity index (χ4n) is 4.19. The number of carbonyl (C=O) groups is 2. The zero-order valence-corrected chi connectivity index (χ0v) is 16.4. The standard InChI is InChI=1S/C23H22FN3O2/c1-4-19(28)27-9-5-6-14-10-15(7-8-18(14)27)21-17(24)11-16(23(25)29)22-20(21)12(2)13(3)26-22/h4,7-8,10-11,26H,1,5-6,9H2,2-3H3,(H2,25,29). The molecule has 3 N–H and O–H groups in total. The fraction of sp³-hybridized carbons (Fsp3) is 0.217. The molecule has 1 aliphatic heterocycles. The van der Waals surface area contributed by atoms with E-state index in [0.717, 1.165) is 35.3 Å². The van der Waals surface area contributed by atoms with E-state index in [1.54, 1.807) is 4.90 Å². The molecule has 0 saturated heterocycles. The highest BCUT2D eigenvalue weighted by atomic mass is 19.1. The van der Waals surface area contributed by atoms with Crippen molar-refractivity contribution in [3.05, 3.63) is 65.1 Å². The Labute approximate surface area is 168 Å². The lowest BCUT2D eigenvalue weighted by Gasteiger charge is -2.29. The van der Waals surface area contributed by atoms with Crippen LogP contribution in [0.4, 0.5) is 10.1 Å². The Morgan fingerprint density at radius 3 is 2.72 bits per heavy atom. The van der Waals surface area contributed by atoms with E-state index in [2.05, 4.69) is 11.6 Å². The maximum Gasteiger partial charge on any atom is 0.250 e. The number of aromatic amines is 1. The van der Waals surface area contributed by atoms with Gasteiger partial charge in [-0.1, -0.05) is 12.6 Å². The van der Waals surface area contributed by atoms with Crippen molar-refractivity contribution in [3.63, 3.8) is 0 Å². The van der Waals surface area contributed by atoms with Crippen LogP contribution in [0.25, 0.3) is 22.0 Å². The number of fused-ring (bicyclic) bond motifs is 2. The lowest BCUT2D eigenvalue weighted by Crippen LogP contribution is -2.34. The number of hydrogen-bond donors (Lipinski definition) is 2. The maximum atomic E-state index is 15.2. The van der Waals surface area contributed by atoms with Crippen LogP contribution >= 0.6 is 0 Å². The third-order valence-corrected chi connectivity index (χ3v) is 5.72. The summed E-state index contributed by atoms with van der Waals surface area (Å²) in [5, 5.41) is 0.658. The molecule has 0 aliphatic carbocycles. The molecule has 0 unspecified atom stereocenters. The molecule has 1 aliphatic rings. The van der Waals surface area contributed by atoms with E-state index in [4.69, 9.17) is 5.73 Å². The SMILES string of the molecule is C=CC(=O)N1CCCc2cc(-c3c(F)cc(C(N)=O)c4[nH]c(C)c(C)c34)ccc21. The first-order valence-corrected chi connectivity index (χ1v) is 9.52. The molecule has 5 nitrogen and oxygen atoms in total. The predicted molar refractivity (Wildman–Crippen MR) is 113 cm³/mol. The highest BCUT2D eigenvalue weighted by Crippen LogP contribution is 2.39. The quantitative estimate of drug-likeness (QED) is 0.658. The zero-order chi connectivity index (χ0) is 20.9. The molecule has 1 aromatic heterocycles. The topological polar surface area (TPSA) is 79.2 Å². The summed E-state index contributed by atoms with van der Waals surface area (Å²) in [6.45, 7) is 7.99. The molecular formula is C23H22FN3O2. The molecule has 0 saturated carbocycles. The lowest BCUT2D eigenvalue weighted by molar-refractivity contribution is -0.114. The molecule has 4 rings (SSSR count). The molecule has 2 aromatic carbocycles. The van der Waals surface area contributed by atoms with Crippen molar-refractivity contribution < 1.29 is 14.0 Å². The number of aryl methyl sites for hydroxylation is 3. The number of H-pyrrole nitrogens is 1. The van der Waals surface area contributed by atoms with E-state index in [1.165, 1.54) is 12.1 Å². The number of rotatable bonds is 3. The van der Waals surface area contributed by atoms with Gasteiger partial charge < -0.3 is 15.6 Å². The molecule has 3 aromatic rings. The second-order valence-corrected chi connectivity index (χ2v) is 7.41. The van der Waals surface area contributed by atoms with E-state index in [0.29, 0.717) is 28.6 Å². The van der Waals surface area contributed by atoms with Crippen LogP contribution in [0.2, 0.25) is 0 Å². The van der Waals surface area contributed by atoms with E-state index in [-0.39, 0.29) is 11.5 Å². The zero-order valence-electron chi connectivity index (χ0n) is 16.4. The summed E-state index contributed by atoms with van der Waals surface area (Å²) in [5.74, 6) is -1.32. The minimum atomic E-state index is -0.675. The number of anilines is 1. The number of nitrogens with zero attached hydrogens (tertiary/aromatic N) is 1. The number of nitrogens with two attached hydrogens (primary N) is 1. The molecule has 0 spiro atoms. The summed E-state index contributed by atoms with van der Waals surface area (Å²) < 4.78 is 15.2. The van der Waals surface area contributed by atoms with Crippen LogP contribution in [0.1, 0.15) is 33.6 Å². The van der Waals surface area contributed by atoms with Gasteiger partial charge in [-0.25, -0.2) is 4.39 Å². The Balaban J connectivity index is 1.96. The van der Waals surface area contributed by atoms with Crippen LogP contribution in [-0.2, 0) is 11.2 Å². The van der Waals surface area contributed by atoms with Crippen molar-refractivity contribution >= 4 is 28.4 Å². The Bertz CT molecular complexity index is 1190. The summed E-state index contributed by atoms with van der Waals surface area (Å²) in [4.78, 5) is 28.9. The maximum absolute atomic E-state index is 15.2. The molecule has 2 heterocycles. The minimum Gasteiger partial charge on any atom is -0.366 e. The largest absolute Gasteiger partial charge is 0.366 e. The highest BCUT2D eigenvalue weighted by molar-refractivity contribution is 6.11. The van der Waals surface area contributed by atoms with Gasteiger partial charge in [-0.15, -0.1) is 0 Å². The van der Waals surface area contributed by atoms with Gasteiger partial charge in [0, 0.05) is 28.9 Å². The van der Waals surface area contributed by atoms with Gasteiger partial charge in [0.15, 0.2) is 0 Å². The van der Waals surface area contributed by atoms with Gasteiger partial charge in [0.1, 0.15) is 5.82 Å². The first-order valence-electron chi connectivity index (χ1n) is 9.52. The number of hydrogen-bond acceptors (Lipinski definition) is 2. The number of halogens is 1. The molecule has 148 valence electrons. The van der Waals surface area contributed by atoms with E-state index in [9.17, 15) is 9.59 Å². The number of primary amides is 1. The number of aromatic nitrogens is 1. The average Bonchev–Trinajstić information content (AvgIpc) is 3.00. The smallest absolute Gasteiger partial charge is 0.250 e. The monoisotopic (exact) mass is 391 g/mol. The van der Waals surface area contributed by atoms with Crippen molar-refractivity contribution in [1.82, 2.24) is 4.98 Å². The lowest BCUT2D eigenvalue weighted by atomic mass is 9.92. The summed E-state index contributed by atoms with van der Waals surface area (Å²) in [6.07, 6.45) is 2.94. The fourth-order valence-corrected chi connectivity index (χ4v) is 4.19. The van der Waals surface area contributed by atoms with Gasteiger partial charge in [0.2, 0.25) is 5.91 Å². The molecule has 0 atom stereocenters. The van der Waals surface area contributed by atoms with Crippen LogP contribution in [0.15, 0.2) is 36.9 Å². The van der Waals surface area contributed by atoms with Crippen molar-refractivity contribution in [2.75, 3.05) is 11.4 Å². The van der Waals surface area contributed by atoms with Gasteiger partial charge >= 0.3 is 0 Å². The van der Waals surface area contributed by atoms with Gasteiger partial charge in [0.05, 0.1) is 11.1 Å². The van der Waals surface area contributed by atoms with Crippen LogP contribution < -0.4 is 10.6 Å². The molecule has 2 amide bonds. The number of benzene rings is 2. The summed E-state index contributed by atoms with van der Waals surface area (Å²) >= 11 is 0. The average molecular weight is 391 g/mol. The number of nitrogens with one attached hydrogen (secondary N) is 1. The van der Waals surface area contributed by atoms with Crippen molar-refractivity contribution in [2.24, 2.45) is 5.73 Å². The molecule has 0 radical (unpaired) electrons. The first-order chi connectivity index (χ1) is 13.8. The van der Waals surface area contributed by atoms with Gasteiger partial charge in [-0.05, 0) is 67.7 Å². The van der Waals surface area contributed by atoms with Crippen molar-refractivity contribution in [3.8, 4) is 11.1 Å². The number of amides is 2. The highest BCUT2D eigenvalue weighted by Gasteiger charge is 2.24. The Morgan fingerprint density at radius 2 is 2.03 bits per heavy atom. The molecule has 6 heteroatoms. The Morgan fingerprint density at radius 1 is 1.28 bits per heavy atom. The second-order valence-electron chi connectivity index (χ2n) is 7.41. The van der Waals surface area contributed by atoms with Gasteiger partial charge in [0.25, 0.3) is 5.91 Å². The van der Waals surface area contributed by atoms with Crippen molar-refractivity contribution in [1.29, 1.82) is 0 Å². The summed E-state index contributed by atoms with van der Waals surface area (Å²) in [7, 11) is 0. The molecule has 0 bridgehead atoms.